The minimum Gasteiger partial charge on any atom is -0.468 e. The lowest BCUT2D eigenvalue weighted by Gasteiger charge is -2.03. The largest absolute Gasteiger partial charge is 0.468 e. The number of hydrogen-bond acceptors (Lipinski definition) is 4. The zero-order valence-corrected chi connectivity index (χ0v) is 11.5. The topological polar surface area (TPSA) is 81.0 Å². The van der Waals surface area contributed by atoms with E-state index < -0.39 is 0 Å². The van der Waals surface area contributed by atoms with E-state index in [4.69, 9.17) is 17.3 Å². The molecule has 0 amide bonds. The van der Waals surface area contributed by atoms with Gasteiger partial charge < -0.3 is 15.0 Å². The monoisotopic (exact) mass is 289 g/mol. The summed E-state index contributed by atoms with van der Waals surface area (Å²) < 4.78 is 6.19. The third-order valence-corrected chi connectivity index (χ3v) is 2.99. The zero-order chi connectivity index (χ0) is 14.7. The molecule has 20 heavy (non-hydrogen) atoms. The fourth-order valence-corrected chi connectivity index (χ4v) is 2.14. The van der Waals surface area contributed by atoms with Gasteiger partial charge in [-0.2, -0.15) is 5.26 Å². The smallest absolute Gasteiger partial charge is 0.325 e. The first-order chi connectivity index (χ1) is 9.53. The Hall–Kier alpha value is -2.45. The Bertz CT molecular complexity index is 681. The Morgan fingerprint density at radius 1 is 1.45 bits per heavy atom. The van der Waals surface area contributed by atoms with Gasteiger partial charge in [0.15, 0.2) is 0 Å². The molecule has 0 fully saturated rings. The molecule has 0 atom stereocenters. The summed E-state index contributed by atoms with van der Waals surface area (Å²) in [5, 5.41) is 9.67. The van der Waals surface area contributed by atoms with Gasteiger partial charge in [0.2, 0.25) is 0 Å². The summed E-state index contributed by atoms with van der Waals surface area (Å²) in [6.07, 6.45) is 3.28. The van der Waals surface area contributed by atoms with Gasteiger partial charge in [-0.1, -0.05) is 11.6 Å². The van der Waals surface area contributed by atoms with Crippen LogP contribution in [0.4, 0.5) is 5.69 Å². The first-order valence-corrected chi connectivity index (χ1v) is 6.14. The normalized spacial score (nSPS) is 10.1. The molecule has 2 rings (SSSR count). The number of nitrogen functional groups attached to an aromatic ring is 1. The maximum absolute atomic E-state index is 11.3. The van der Waals surface area contributed by atoms with Gasteiger partial charge in [0.1, 0.15) is 12.6 Å². The predicted molar refractivity (Wildman–Crippen MR) is 76.0 cm³/mol. The van der Waals surface area contributed by atoms with Gasteiger partial charge in [0.05, 0.1) is 12.7 Å². The third-order valence-electron chi connectivity index (χ3n) is 2.77. The molecule has 0 aliphatic rings. The molecule has 0 spiro atoms. The van der Waals surface area contributed by atoms with E-state index in [2.05, 4.69) is 10.8 Å². The highest BCUT2D eigenvalue weighted by Crippen LogP contribution is 2.29. The van der Waals surface area contributed by atoms with E-state index in [0.717, 1.165) is 5.56 Å². The van der Waals surface area contributed by atoms with Crippen LogP contribution in [0.15, 0.2) is 30.6 Å². The van der Waals surface area contributed by atoms with Crippen molar-refractivity contribution in [2.24, 2.45) is 0 Å². The van der Waals surface area contributed by atoms with Gasteiger partial charge in [-0.25, -0.2) is 0 Å². The van der Waals surface area contributed by atoms with Crippen LogP contribution >= 0.6 is 11.6 Å². The second-order valence-electron chi connectivity index (χ2n) is 4.22. The first-order valence-electron chi connectivity index (χ1n) is 5.76. The van der Waals surface area contributed by atoms with Crippen LogP contribution in [-0.2, 0) is 16.1 Å². The second kappa shape index (κ2) is 5.68. The Balaban J connectivity index is 2.45. The van der Waals surface area contributed by atoms with Crippen molar-refractivity contribution in [3.63, 3.8) is 0 Å². The lowest BCUT2D eigenvalue weighted by Crippen LogP contribution is -2.09. The van der Waals surface area contributed by atoms with E-state index >= 15 is 0 Å². The van der Waals surface area contributed by atoms with E-state index in [-0.39, 0.29) is 12.5 Å². The number of halogens is 1. The predicted octanol–water partition coefficient (Wildman–Crippen LogP) is 2.44. The van der Waals surface area contributed by atoms with E-state index in [1.165, 1.54) is 7.11 Å². The molecule has 102 valence electrons. The van der Waals surface area contributed by atoms with Crippen LogP contribution in [0.25, 0.3) is 11.1 Å². The highest BCUT2D eigenvalue weighted by Gasteiger charge is 2.12. The molecule has 0 radical (unpaired) electrons. The number of nitriles is 1. The molecule has 2 aromatic rings. The SMILES string of the molecule is COC(=O)Cn1cc(C#N)c(-c2cc(N)cc(Cl)c2)c1. The molecule has 0 saturated carbocycles. The first kappa shape index (κ1) is 14.0. The molecule has 0 aliphatic heterocycles. The van der Waals surface area contributed by atoms with Crippen molar-refractivity contribution in [2.75, 3.05) is 12.8 Å². The van der Waals surface area contributed by atoms with Crippen LogP contribution in [0, 0.1) is 11.3 Å². The maximum Gasteiger partial charge on any atom is 0.325 e. The van der Waals surface area contributed by atoms with Gasteiger partial charge in [-0.15, -0.1) is 0 Å². The van der Waals surface area contributed by atoms with Gasteiger partial charge in [0.25, 0.3) is 0 Å². The Morgan fingerprint density at radius 3 is 2.80 bits per heavy atom. The van der Waals surface area contributed by atoms with Crippen LogP contribution in [0.5, 0.6) is 0 Å². The molecule has 0 unspecified atom stereocenters. The van der Waals surface area contributed by atoms with Crippen LogP contribution in [0.3, 0.4) is 0 Å². The van der Waals surface area contributed by atoms with Crippen molar-refractivity contribution in [2.45, 2.75) is 6.54 Å². The van der Waals surface area contributed by atoms with Gasteiger partial charge >= 0.3 is 5.97 Å². The van der Waals surface area contributed by atoms with E-state index in [1.54, 1.807) is 35.2 Å². The lowest BCUT2D eigenvalue weighted by molar-refractivity contribution is -0.141. The van der Waals surface area contributed by atoms with E-state index in [1.807, 2.05) is 0 Å². The fraction of sp³-hybridized carbons (Fsp3) is 0.143. The number of ether oxygens (including phenoxy) is 1. The molecule has 0 aliphatic carbocycles. The molecule has 1 heterocycles. The van der Waals surface area contributed by atoms with Crippen molar-refractivity contribution in [1.29, 1.82) is 5.26 Å². The van der Waals surface area contributed by atoms with Crippen LogP contribution < -0.4 is 5.73 Å². The number of carbonyl (C=O) groups is 1. The summed E-state index contributed by atoms with van der Waals surface area (Å²) in [6, 6.07) is 7.16. The molecule has 5 nitrogen and oxygen atoms in total. The van der Waals surface area contributed by atoms with Crippen molar-refractivity contribution in [1.82, 2.24) is 4.57 Å². The van der Waals surface area contributed by atoms with E-state index in [0.29, 0.717) is 21.8 Å². The number of nitrogens with zero attached hydrogens (tertiary/aromatic N) is 2. The van der Waals surface area contributed by atoms with Crippen molar-refractivity contribution in [3.05, 3.63) is 41.2 Å². The Labute approximate surface area is 121 Å². The number of methoxy groups -OCH3 is 1. The summed E-state index contributed by atoms with van der Waals surface area (Å²) in [5.74, 6) is -0.387. The highest BCUT2D eigenvalue weighted by molar-refractivity contribution is 6.31. The number of nitrogens with two attached hydrogens (primary N) is 1. The fourth-order valence-electron chi connectivity index (χ4n) is 1.90. The van der Waals surface area contributed by atoms with Crippen LogP contribution in [0.2, 0.25) is 5.02 Å². The van der Waals surface area contributed by atoms with Crippen molar-refractivity contribution in [3.8, 4) is 17.2 Å². The molecule has 1 aromatic heterocycles. The molecule has 0 saturated heterocycles. The summed E-state index contributed by atoms with van der Waals surface area (Å²) in [5.41, 5.74) is 8.10. The number of esters is 1. The minimum atomic E-state index is -0.387. The number of rotatable bonds is 3. The molecule has 6 heteroatoms. The van der Waals surface area contributed by atoms with Crippen LogP contribution in [0.1, 0.15) is 5.56 Å². The molecule has 0 bridgehead atoms. The number of hydrogen-bond donors (Lipinski definition) is 1. The van der Waals surface area contributed by atoms with Crippen molar-refractivity contribution >= 4 is 23.3 Å². The van der Waals surface area contributed by atoms with Crippen molar-refractivity contribution < 1.29 is 9.53 Å². The maximum atomic E-state index is 11.3. The number of benzene rings is 1. The zero-order valence-electron chi connectivity index (χ0n) is 10.8. The summed E-state index contributed by atoms with van der Waals surface area (Å²) >= 11 is 5.97. The highest BCUT2D eigenvalue weighted by atomic mass is 35.5. The third kappa shape index (κ3) is 2.92. The second-order valence-corrected chi connectivity index (χ2v) is 4.66. The number of carbonyl (C=O) groups excluding carboxylic acids is 1. The average Bonchev–Trinajstić information content (AvgIpc) is 2.80. The van der Waals surface area contributed by atoms with Gasteiger partial charge in [-0.05, 0) is 23.8 Å². The molecule has 2 N–H and O–H groups in total. The molecular formula is C14H12ClN3O2. The average molecular weight is 290 g/mol. The standard InChI is InChI=1S/C14H12ClN3O2/c1-20-14(19)8-18-6-10(5-16)13(7-18)9-2-11(15)4-12(17)3-9/h2-4,6-7H,8,17H2,1H3. The minimum absolute atomic E-state index is 0.0429. The van der Waals surface area contributed by atoms with Gasteiger partial charge in [0, 0.05) is 28.7 Å². The summed E-state index contributed by atoms with van der Waals surface area (Å²) in [7, 11) is 1.32. The number of aromatic nitrogens is 1. The lowest BCUT2D eigenvalue weighted by atomic mass is 10.0. The van der Waals surface area contributed by atoms with Gasteiger partial charge in [-0.3, -0.25) is 4.79 Å². The molecular weight excluding hydrogens is 278 g/mol. The number of anilines is 1. The summed E-state index contributed by atoms with van der Waals surface area (Å²) in [6.45, 7) is 0.0429. The quantitative estimate of drug-likeness (QED) is 0.695. The Morgan fingerprint density at radius 2 is 2.20 bits per heavy atom. The van der Waals surface area contributed by atoms with Crippen LogP contribution in [-0.4, -0.2) is 17.6 Å². The van der Waals surface area contributed by atoms with E-state index in [9.17, 15) is 10.1 Å². The molecule has 1 aromatic carbocycles. The summed E-state index contributed by atoms with van der Waals surface area (Å²) in [4.78, 5) is 11.3. The Kier molecular flexibility index (Phi) is 3.97.